The number of methoxy groups -OCH3 is 1. The van der Waals surface area contributed by atoms with Gasteiger partial charge in [0.1, 0.15) is 13.1 Å². The summed E-state index contributed by atoms with van der Waals surface area (Å²) in [4.78, 5) is 25.4. The van der Waals surface area contributed by atoms with Crippen LogP contribution in [-0.2, 0) is 20.9 Å². The first-order valence-corrected chi connectivity index (χ1v) is 6.65. The fourth-order valence-corrected chi connectivity index (χ4v) is 2.04. The Hall–Kier alpha value is -2.29. The maximum Gasteiger partial charge on any atom is 0.325 e. The Balaban J connectivity index is 1.96. The van der Waals surface area contributed by atoms with Crippen molar-refractivity contribution in [3.05, 3.63) is 16.8 Å². The summed E-state index contributed by atoms with van der Waals surface area (Å²) in [5.74, 6) is -0.314. The third kappa shape index (κ3) is 3.38. The van der Waals surface area contributed by atoms with Crippen LogP contribution in [0.4, 0.5) is 0 Å². The highest BCUT2D eigenvalue weighted by atomic mass is 32.1. The molecule has 0 saturated heterocycles. The van der Waals surface area contributed by atoms with Crippen LogP contribution in [0.25, 0.3) is 11.4 Å². The average molecular weight is 295 g/mol. The van der Waals surface area contributed by atoms with Gasteiger partial charge in [-0.15, -0.1) is 10.2 Å². The van der Waals surface area contributed by atoms with Crippen molar-refractivity contribution in [2.45, 2.75) is 6.54 Å². The Morgan fingerprint density at radius 1 is 1.50 bits per heavy atom. The van der Waals surface area contributed by atoms with Gasteiger partial charge in [0.15, 0.2) is 0 Å². The third-order valence-corrected chi connectivity index (χ3v) is 3.21. The Labute approximate surface area is 118 Å². The van der Waals surface area contributed by atoms with Crippen molar-refractivity contribution in [3.63, 3.8) is 0 Å². The average Bonchev–Trinajstić information content (AvgIpc) is 3.08. The molecule has 0 spiro atoms. The summed E-state index contributed by atoms with van der Waals surface area (Å²) in [6, 6.07) is 1.87. The topological polar surface area (TPSA) is 90.2 Å². The first-order chi connectivity index (χ1) is 9.60. The Kier molecular flexibility index (Phi) is 4.41. The number of thiophene rings is 1. The molecule has 9 heteroatoms. The predicted octanol–water partition coefficient (Wildman–Crippen LogP) is 0.0330. The minimum Gasteiger partial charge on any atom is -0.468 e. The van der Waals surface area contributed by atoms with Gasteiger partial charge in [-0.1, -0.05) is 0 Å². The zero-order chi connectivity index (χ0) is 14.5. The highest BCUT2D eigenvalue weighted by Crippen LogP contribution is 2.16. The second kappa shape index (κ2) is 6.24. The Morgan fingerprint density at radius 3 is 2.95 bits per heavy atom. The minimum atomic E-state index is -0.480. The molecule has 0 aliphatic carbocycles. The van der Waals surface area contributed by atoms with Crippen LogP contribution in [-0.4, -0.2) is 57.7 Å². The number of tetrazole rings is 1. The zero-order valence-electron chi connectivity index (χ0n) is 11.0. The second-order valence-electron chi connectivity index (χ2n) is 3.98. The minimum absolute atomic E-state index is 0.0787. The molecule has 106 valence electrons. The van der Waals surface area contributed by atoms with Gasteiger partial charge in [0, 0.05) is 18.0 Å². The molecule has 2 heterocycles. The molecule has 0 N–H and O–H groups in total. The standard InChI is InChI=1S/C11H13N5O3S/c1-15(6-10(18)19-2)9(17)5-16-13-11(12-14-16)8-3-4-20-7-8/h3-4,7H,5-6H2,1-2H3. The maximum absolute atomic E-state index is 11.9. The summed E-state index contributed by atoms with van der Waals surface area (Å²) in [5.41, 5.74) is 0.858. The van der Waals surface area contributed by atoms with E-state index in [1.165, 1.54) is 35.2 Å². The summed E-state index contributed by atoms with van der Waals surface area (Å²) in [7, 11) is 2.78. The first kappa shape index (κ1) is 14.1. The number of rotatable bonds is 5. The van der Waals surface area contributed by atoms with Crippen molar-refractivity contribution < 1.29 is 14.3 Å². The number of carbonyl (C=O) groups is 2. The molecule has 0 bridgehead atoms. The van der Waals surface area contributed by atoms with Gasteiger partial charge in [-0.3, -0.25) is 9.59 Å². The molecule has 0 atom stereocenters. The van der Waals surface area contributed by atoms with E-state index in [1.807, 2.05) is 16.8 Å². The molecule has 1 amide bonds. The molecule has 0 fully saturated rings. The molecule has 8 nitrogen and oxygen atoms in total. The number of esters is 1. The van der Waals surface area contributed by atoms with Crippen molar-refractivity contribution in [1.82, 2.24) is 25.1 Å². The molecule has 20 heavy (non-hydrogen) atoms. The highest BCUT2D eigenvalue weighted by molar-refractivity contribution is 7.08. The van der Waals surface area contributed by atoms with Gasteiger partial charge in [-0.25, -0.2) is 0 Å². The lowest BCUT2D eigenvalue weighted by molar-refractivity contribution is -0.146. The van der Waals surface area contributed by atoms with Crippen LogP contribution in [0.5, 0.6) is 0 Å². The van der Waals surface area contributed by atoms with E-state index in [2.05, 4.69) is 20.1 Å². The van der Waals surface area contributed by atoms with Crippen molar-refractivity contribution in [2.75, 3.05) is 20.7 Å². The number of ether oxygens (including phenoxy) is 1. The van der Waals surface area contributed by atoms with Crippen LogP contribution in [0, 0.1) is 0 Å². The quantitative estimate of drug-likeness (QED) is 0.723. The molecule has 2 aromatic heterocycles. The molecule has 2 aromatic rings. The van der Waals surface area contributed by atoms with E-state index in [0.29, 0.717) is 5.82 Å². The molecular formula is C11H13N5O3S. The summed E-state index contributed by atoms with van der Waals surface area (Å²) in [6.45, 7) is -0.188. The predicted molar refractivity (Wildman–Crippen MR) is 70.8 cm³/mol. The number of nitrogens with zero attached hydrogens (tertiary/aromatic N) is 5. The smallest absolute Gasteiger partial charge is 0.325 e. The molecule has 0 radical (unpaired) electrons. The second-order valence-corrected chi connectivity index (χ2v) is 4.76. The van der Waals surface area contributed by atoms with Crippen LogP contribution >= 0.6 is 11.3 Å². The van der Waals surface area contributed by atoms with Gasteiger partial charge in [0.25, 0.3) is 0 Å². The Morgan fingerprint density at radius 2 is 2.30 bits per heavy atom. The number of likely N-dealkylation sites (N-methyl/N-ethyl adjacent to an activating group) is 1. The fraction of sp³-hybridized carbons (Fsp3) is 0.364. The molecule has 0 aliphatic rings. The van der Waals surface area contributed by atoms with Crippen LogP contribution in [0.3, 0.4) is 0 Å². The lowest BCUT2D eigenvalue weighted by atomic mass is 10.3. The number of hydrogen-bond donors (Lipinski definition) is 0. The van der Waals surface area contributed by atoms with E-state index >= 15 is 0 Å². The zero-order valence-corrected chi connectivity index (χ0v) is 11.8. The van der Waals surface area contributed by atoms with Crippen molar-refractivity contribution in [3.8, 4) is 11.4 Å². The summed E-state index contributed by atoms with van der Waals surface area (Å²) in [5, 5.41) is 15.6. The van der Waals surface area contributed by atoms with Crippen LogP contribution in [0.15, 0.2) is 16.8 Å². The van der Waals surface area contributed by atoms with Gasteiger partial charge in [0.2, 0.25) is 11.7 Å². The highest BCUT2D eigenvalue weighted by Gasteiger charge is 2.15. The van der Waals surface area contributed by atoms with Gasteiger partial charge in [0.05, 0.1) is 7.11 Å². The largest absolute Gasteiger partial charge is 0.468 e. The van der Waals surface area contributed by atoms with Crippen LogP contribution in [0.1, 0.15) is 0 Å². The summed E-state index contributed by atoms with van der Waals surface area (Å²) < 4.78 is 4.49. The molecule has 0 saturated carbocycles. The number of amides is 1. The van der Waals surface area contributed by atoms with E-state index in [9.17, 15) is 9.59 Å². The lowest BCUT2D eigenvalue weighted by Crippen LogP contribution is -2.35. The molecular weight excluding hydrogens is 282 g/mol. The number of carbonyl (C=O) groups excluding carboxylic acids is 2. The summed E-state index contributed by atoms with van der Waals surface area (Å²) >= 11 is 1.53. The van der Waals surface area contributed by atoms with Crippen molar-refractivity contribution in [1.29, 1.82) is 0 Å². The SMILES string of the molecule is COC(=O)CN(C)C(=O)Cn1nnc(-c2ccsc2)n1. The molecule has 2 rings (SSSR count). The monoisotopic (exact) mass is 295 g/mol. The lowest BCUT2D eigenvalue weighted by Gasteiger charge is -2.14. The molecule has 0 aromatic carbocycles. The van der Waals surface area contributed by atoms with Gasteiger partial charge in [-0.05, 0) is 16.7 Å². The normalized spacial score (nSPS) is 10.3. The number of hydrogen-bond acceptors (Lipinski definition) is 7. The van der Waals surface area contributed by atoms with Gasteiger partial charge < -0.3 is 9.64 Å². The van der Waals surface area contributed by atoms with Crippen LogP contribution in [0.2, 0.25) is 0 Å². The number of aromatic nitrogens is 4. The third-order valence-electron chi connectivity index (χ3n) is 2.53. The first-order valence-electron chi connectivity index (χ1n) is 5.71. The molecule has 0 aliphatic heterocycles. The van der Waals surface area contributed by atoms with E-state index in [-0.39, 0.29) is 19.0 Å². The fourth-order valence-electron chi connectivity index (χ4n) is 1.41. The molecule has 0 unspecified atom stereocenters. The van der Waals surface area contributed by atoms with Crippen molar-refractivity contribution in [2.24, 2.45) is 0 Å². The van der Waals surface area contributed by atoms with E-state index in [4.69, 9.17) is 0 Å². The maximum atomic E-state index is 11.9. The van der Waals surface area contributed by atoms with Crippen molar-refractivity contribution >= 4 is 23.2 Å². The van der Waals surface area contributed by atoms with E-state index in [0.717, 1.165) is 5.56 Å². The Bertz CT molecular complexity index is 595. The van der Waals surface area contributed by atoms with E-state index in [1.54, 1.807) is 0 Å². The van der Waals surface area contributed by atoms with E-state index < -0.39 is 5.97 Å². The summed E-state index contributed by atoms with van der Waals surface area (Å²) in [6.07, 6.45) is 0. The van der Waals surface area contributed by atoms with Crippen LogP contribution < -0.4 is 0 Å². The van der Waals surface area contributed by atoms with Gasteiger partial charge in [-0.2, -0.15) is 16.1 Å². The van der Waals surface area contributed by atoms with Gasteiger partial charge >= 0.3 is 5.97 Å².